The van der Waals surface area contributed by atoms with Crippen molar-refractivity contribution in [3.8, 4) is 11.5 Å². The second kappa shape index (κ2) is 4.98. The van der Waals surface area contributed by atoms with Crippen molar-refractivity contribution in [1.29, 1.82) is 0 Å². The molecule has 1 unspecified atom stereocenters. The third-order valence-electron chi connectivity index (χ3n) is 4.31. The molecule has 6 nitrogen and oxygen atoms in total. The molecule has 4 heterocycles. The zero-order valence-corrected chi connectivity index (χ0v) is 12.4. The Hall–Kier alpha value is -2.63. The van der Waals surface area contributed by atoms with Gasteiger partial charge < -0.3 is 9.47 Å². The number of nitrogens with zero attached hydrogens (tertiary/aromatic N) is 5. The maximum absolute atomic E-state index is 11.7. The van der Waals surface area contributed by atoms with E-state index in [9.17, 15) is 4.79 Å². The van der Waals surface area contributed by atoms with E-state index >= 15 is 0 Å². The number of fused-ring (bicyclic) bond motifs is 1. The molecule has 0 aliphatic carbocycles. The van der Waals surface area contributed by atoms with Crippen LogP contribution in [0.25, 0.3) is 17.0 Å². The first-order valence-electron chi connectivity index (χ1n) is 7.44. The second-order valence-electron chi connectivity index (χ2n) is 5.70. The van der Waals surface area contributed by atoms with Crippen molar-refractivity contribution in [3.63, 3.8) is 0 Å². The van der Waals surface area contributed by atoms with E-state index in [-0.39, 0.29) is 11.9 Å². The largest absolute Gasteiger partial charge is 0.344 e. The lowest BCUT2D eigenvalue weighted by Gasteiger charge is -2.31. The average molecular weight is 295 g/mol. The van der Waals surface area contributed by atoms with Crippen LogP contribution in [0.5, 0.6) is 0 Å². The Balaban J connectivity index is 1.77. The molecular formula is C16H17N5O. The minimum absolute atomic E-state index is 0.215. The van der Waals surface area contributed by atoms with Gasteiger partial charge in [-0.15, -0.1) is 0 Å². The second-order valence-corrected chi connectivity index (χ2v) is 5.70. The van der Waals surface area contributed by atoms with Crippen LogP contribution in [0, 0.1) is 0 Å². The van der Waals surface area contributed by atoms with Gasteiger partial charge in [-0.25, -0.2) is 9.50 Å². The lowest BCUT2D eigenvalue weighted by Crippen LogP contribution is -2.38. The van der Waals surface area contributed by atoms with Gasteiger partial charge in [-0.3, -0.25) is 4.79 Å². The Bertz CT molecular complexity index is 834. The van der Waals surface area contributed by atoms with Gasteiger partial charge in [0.15, 0.2) is 5.82 Å². The Morgan fingerprint density at radius 3 is 3.00 bits per heavy atom. The summed E-state index contributed by atoms with van der Waals surface area (Å²) in [4.78, 5) is 18.0. The summed E-state index contributed by atoms with van der Waals surface area (Å²) in [6, 6.07) is 8.30. The molecule has 1 atom stereocenters. The molecule has 3 aromatic heterocycles. The molecule has 1 saturated heterocycles. The molecule has 0 saturated carbocycles. The number of carbonyl (C=O) groups is 1. The standard InChI is InChI=1S/C16H17N5O/c1-19-11-13(5-6-15(19)22)20-10-9-17-16(20)14-4-2-3-12-7-8-18-21(12)14/h2-4,7-10,13H,5-6,11H2,1H3. The van der Waals surface area contributed by atoms with E-state index in [1.807, 2.05) is 48.2 Å². The van der Waals surface area contributed by atoms with Gasteiger partial charge in [-0.1, -0.05) is 6.07 Å². The first kappa shape index (κ1) is 13.1. The minimum Gasteiger partial charge on any atom is -0.344 e. The maximum Gasteiger partial charge on any atom is 0.222 e. The van der Waals surface area contributed by atoms with Gasteiger partial charge in [0.1, 0.15) is 5.69 Å². The molecule has 0 radical (unpaired) electrons. The van der Waals surface area contributed by atoms with Crippen LogP contribution in [0.3, 0.4) is 0 Å². The molecule has 22 heavy (non-hydrogen) atoms. The van der Waals surface area contributed by atoms with Gasteiger partial charge in [0, 0.05) is 32.4 Å². The van der Waals surface area contributed by atoms with E-state index in [2.05, 4.69) is 14.6 Å². The monoisotopic (exact) mass is 295 g/mol. The Morgan fingerprint density at radius 2 is 2.14 bits per heavy atom. The smallest absolute Gasteiger partial charge is 0.222 e. The molecule has 0 N–H and O–H groups in total. The van der Waals surface area contributed by atoms with E-state index in [0.29, 0.717) is 6.42 Å². The third-order valence-corrected chi connectivity index (χ3v) is 4.31. The van der Waals surface area contributed by atoms with Crippen LogP contribution >= 0.6 is 0 Å². The van der Waals surface area contributed by atoms with Crippen molar-refractivity contribution >= 4 is 11.4 Å². The quantitative estimate of drug-likeness (QED) is 0.726. The Labute approximate surface area is 128 Å². The van der Waals surface area contributed by atoms with Crippen molar-refractivity contribution in [3.05, 3.63) is 42.9 Å². The first-order chi connectivity index (χ1) is 10.7. The van der Waals surface area contributed by atoms with Crippen LogP contribution in [-0.2, 0) is 4.79 Å². The summed E-state index contributed by atoms with van der Waals surface area (Å²) < 4.78 is 4.07. The normalized spacial score (nSPS) is 19.0. The van der Waals surface area contributed by atoms with Crippen LogP contribution in [0.2, 0.25) is 0 Å². The fourth-order valence-electron chi connectivity index (χ4n) is 3.14. The number of hydrogen-bond donors (Lipinski definition) is 0. The molecule has 0 spiro atoms. The van der Waals surface area contributed by atoms with Crippen molar-refractivity contribution in [1.82, 2.24) is 24.1 Å². The summed E-state index contributed by atoms with van der Waals surface area (Å²) in [6.07, 6.45) is 7.03. The van der Waals surface area contributed by atoms with Crippen molar-refractivity contribution in [2.75, 3.05) is 13.6 Å². The third kappa shape index (κ3) is 1.99. The van der Waals surface area contributed by atoms with E-state index in [0.717, 1.165) is 30.0 Å². The van der Waals surface area contributed by atoms with Crippen LogP contribution in [0.1, 0.15) is 18.9 Å². The van der Waals surface area contributed by atoms with E-state index < -0.39 is 0 Å². The number of hydrogen-bond acceptors (Lipinski definition) is 3. The number of pyridine rings is 1. The van der Waals surface area contributed by atoms with Gasteiger partial charge in [0.25, 0.3) is 0 Å². The molecule has 0 bridgehead atoms. The summed E-state index contributed by atoms with van der Waals surface area (Å²) in [6.45, 7) is 0.720. The fraction of sp³-hybridized carbons (Fsp3) is 0.312. The number of carbonyl (C=O) groups excluding carboxylic acids is 1. The van der Waals surface area contributed by atoms with Crippen molar-refractivity contribution in [2.45, 2.75) is 18.9 Å². The summed E-state index contributed by atoms with van der Waals surface area (Å²) in [5.74, 6) is 1.11. The van der Waals surface area contributed by atoms with Crippen LogP contribution in [0.15, 0.2) is 42.9 Å². The molecule has 1 amide bonds. The molecule has 1 aliphatic heterocycles. The average Bonchev–Trinajstić information content (AvgIpc) is 3.18. The highest BCUT2D eigenvalue weighted by atomic mass is 16.2. The number of rotatable bonds is 2. The number of piperidine rings is 1. The first-order valence-corrected chi connectivity index (χ1v) is 7.44. The summed E-state index contributed by atoms with van der Waals surface area (Å²) in [7, 11) is 1.86. The number of imidazole rings is 1. The Kier molecular flexibility index (Phi) is 2.96. The number of likely N-dealkylation sites (tertiary alicyclic amines) is 1. The van der Waals surface area contributed by atoms with Crippen LogP contribution < -0.4 is 0 Å². The fourth-order valence-corrected chi connectivity index (χ4v) is 3.14. The predicted octanol–water partition coefficient (Wildman–Crippen LogP) is 1.99. The van der Waals surface area contributed by atoms with Gasteiger partial charge >= 0.3 is 0 Å². The topological polar surface area (TPSA) is 55.4 Å². The maximum atomic E-state index is 11.7. The molecule has 112 valence electrons. The molecule has 0 aromatic carbocycles. The van der Waals surface area contributed by atoms with Crippen LogP contribution in [0.4, 0.5) is 0 Å². The highest BCUT2D eigenvalue weighted by molar-refractivity contribution is 5.76. The van der Waals surface area contributed by atoms with Gasteiger partial charge in [0.05, 0.1) is 17.8 Å². The SMILES string of the molecule is CN1CC(n2ccnc2-c2cccc3ccnn23)CCC1=O. The van der Waals surface area contributed by atoms with Gasteiger partial charge in [0.2, 0.25) is 5.91 Å². The molecule has 3 aromatic rings. The Morgan fingerprint density at radius 1 is 1.23 bits per heavy atom. The summed E-state index contributed by atoms with van der Waals surface area (Å²) in [5.41, 5.74) is 2.01. The minimum atomic E-state index is 0.215. The number of aromatic nitrogens is 4. The van der Waals surface area contributed by atoms with Crippen molar-refractivity contribution < 1.29 is 4.79 Å². The number of likely N-dealkylation sites (N-methyl/N-ethyl adjacent to an activating group) is 1. The van der Waals surface area contributed by atoms with E-state index in [1.165, 1.54) is 0 Å². The molecule has 6 heteroatoms. The zero-order valence-electron chi connectivity index (χ0n) is 12.4. The highest BCUT2D eigenvalue weighted by Crippen LogP contribution is 2.27. The predicted molar refractivity (Wildman–Crippen MR) is 82.3 cm³/mol. The summed E-state index contributed by atoms with van der Waals surface area (Å²) in [5, 5.41) is 4.39. The highest BCUT2D eigenvalue weighted by Gasteiger charge is 2.26. The van der Waals surface area contributed by atoms with Gasteiger partial charge in [-0.2, -0.15) is 5.10 Å². The summed E-state index contributed by atoms with van der Waals surface area (Å²) >= 11 is 0. The molecule has 1 aliphatic rings. The van der Waals surface area contributed by atoms with Gasteiger partial charge in [-0.05, 0) is 24.6 Å². The van der Waals surface area contributed by atoms with E-state index in [1.54, 1.807) is 11.1 Å². The molecule has 4 rings (SSSR count). The molecule has 1 fully saturated rings. The number of amides is 1. The lowest BCUT2D eigenvalue weighted by atomic mass is 10.1. The lowest BCUT2D eigenvalue weighted by molar-refractivity contribution is -0.132. The van der Waals surface area contributed by atoms with E-state index in [4.69, 9.17) is 0 Å². The van der Waals surface area contributed by atoms with Crippen molar-refractivity contribution in [2.24, 2.45) is 0 Å². The van der Waals surface area contributed by atoms with Crippen LogP contribution in [-0.4, -0.2) is 43.6 Å². The zero-order chi connectivity index (χ0) is 15.1. The molecular weight excluding hydrogens is 278 g/mol.